The molecule has 5 nitrogen and oxygen atoms in total. The Bertz CT molecular complexity index is 730. The van der Waals surface area contributed by atoms with Crippen LogP contribution >= 0.6 is 0 Å². The number of para-hydroxylation sites is 1. The second-order valence-corrected chi connectivity index (χ2v) is 4.55. The Labute approximate surface area is 123 Å². The first-order valence-corrected chi connectivity index (χ1v) is 6.28. The zero-order valence-corrected chi connectivity index (χ0v) is 11.1. The van der Waals surface area contributed by atoms with Gasteiger partial charge in [0.2, 0.25) is 5.75 Å². The number of hydrogen-bond acceptors (Lipinski definition) is 4. The molecule has 2 aromatic rings. The normalized spacial score (nSPS) is 14.6. The number of halogens is 2. The highest BCUT2D eigenvalue weighted by atomic mass is 19.3. The Hall–Kier alpha value is -2.83. The fourth-order valence-corrected chi connectivity index (χ4v) is 2.01. The van der Waals surface area contributed by atoms with Crippen molar-refractivity contribution >= 4 is 5.97 Å². The summed E-state index contributed by atoms with van der Waals surface area (Å²) in [6.07, 6.45) is -3.72. The van der Waals surface area contributed by atoms with Crippen molar-refractivity contribution in [2.24, 2.45) is 0 Å². The molecule has 0 radical (unpaired) electrons. The number of fused-ring (bicyclic) bond motifs is 1. The summed E-state index contributed by atoms with van der Waals surface area (Å²) in [4.78, 5) is 10.9. The van der Waals surface area contributed by atoms with E-state index in [1.54, 1.807) is 12.1 Å². The first-order chi connectivity index (χ1) is 10.4. The molecule has 2 aromatic carbocycles. The van der Waals surface area contributed by atoms with E-state index in [-0.39, 0.29) is 29.4 Å². The lowest BCUT2D eigenvalue weighted by molar-refractivity contribution is -0.287. The van der Waals surface area contributed by atoms with E-state index in [2.05, 4.69) is 9.47 Å². The van der Waals surface area contributed by atoms with Crippen LogP contribution in [0.2, 0.25) is 0 Å². The molecule has 114 valence electrons. The van der Waals surface area contributed by atoms with Gasteiger partial charge in [-0.05, 0) is 29.8 Å². The number of carbonyl (C=O) groups is 1. The molecule has 1 aliphatic heterocycles. The van der Waals surface area contributed by atoms with Gasteiger partial charge in [-0.25, -0.2) is 4.79 Å². The van der Waals surface area contributed by atoms with E-state index in [9.17, 15) is 13.6 Å². The van der Waals surface area contributed by atoms with E-state index in [4.69, 9.17) is 9.84 Å². The summed E-state index contributed by atoms with van der Waals surface area (Å²) in [6.45, 7) is 0.00645. The summed E-state index contributed by atoms with van der Waals surface area (Å²) in [5.41, 5.74) is 0.702. The van der Waals surface area contributed by atoms with Crippen LogP contribution in [0.4, 0.5) is 8.78 Å². The maximum atomic E-state index is 13.1. The molecule has 0 atom stereocenters. The van der Waals surface area contributed by atoms with E-state index in [0.29, 0.717) is 5.56 Å². The molecule has 1 aliphatic rings. The Morgan fingerprint density at radius 2 is 1.95 bits per heavy atom. The molecule has 0 fully saturated rings. The predicted octanol–water partition coefficient (Wildman–Crippen LogP) is 3.29. The predicted molar refractivity (Wildman–Crippen MR) is 70.4 cm³/mol. The van der Waals surface area contributed by atoms with Gasteiger partial charge in [0.15, 0.2) is 11.5 Å². The SMILES string of the molecule is O=C(O)c1cccc(COc2cccc3c2OC(F)(F)O3)c1. The van der Waals surface area contributed by atoms with Crippen molar-refractivity contribution < 1.29 is 32.9 Å². The first kappa shape index (κ1) is 14.1. The third kappa shape index (κ3) is 2.78. The number of carboxylic acid groups (broad SMARTS) is 1. The van der Waals surface area contributed by atoms with Crippen LogP contribution in [-0.2, 0) is 6.61 Å². The minimum Gasteiger partial charge on any atom is -0.485 e. The third-order valence-electron chi connectivity index (χ3n) is 2.96. The van der Waals surface area contributed by atoms with E-state index in [1.807, 2.05) is 0 Å². The second-order valence-electron chi connectivity index (χ2n) is 4.55. The van der Waals surface area contributed by atoms with E-state index >= 15 is 0 Å². The van der Waals surface area contributed by atoms with Crippen molar-refractivity contribution in [3.05, 3.63) is 53.6 Å². The average Bonchev–Trinajstić information content (AvgIpc) is 2.79. The van der Waals surface area contributed by atoms with Gasteiger partial charge in [0, 0.05) is 0 Å². The van der Waals surface area contributed by atoms with Crippen LogP contribution in [0.25, 0.3) is 0 Å². The van der Waals surface area contributed by atoms with Crippen LogP contribution in [0.3, 0.4) is 0 Å². The molecule has 0 saturated heterocycles. The van der Waals surface area contributed by atoms with Crippen LogP contribution in [0, 0.1) is 0 Å². The van der Waals surface area contributed by atoms with Gasteiger partial charge in [0.05, 0.1) is 5.56 Å². The Morgan fingerprint density at radius 1 is 1.18 bits per heavy atom. The fourth-order valence-electron chi connectivity index (χ4n) is 2.01. The van der Waals surface area contributed by atoms with Crippen LogP contribution < -0.4 is 14.2 Å². The lowest BCUT2D eigenvalue weighted by Crippen LogP contribution is -2.26. The van der Waals surface area contributed by atoms with E-state index in [0.717, 1.165) is 0 Å². The number of aromatic carboxylic acids is 1. The van der Waals surface area contributed by atoms with Crippen LogP contribution in [0.1, 0.15) is 15.9 Å². The summed E-state index contributed by atoms with van der Waals surface area (Å²) in [5, 5.41) is 8.92. The average molecular weight is 308 g/mol. The maximum Gasteiger partial charge on any atom is 0.586 e. The fraction of sp³-hybridized carbons (Fsp3) is 0.133. The molecule has 0 unspecified atom stereocenters. The lowest BCUT2D eigenvalue weighted by Gasteiger charge is -2.09. The van der Waals surface area contributed by atoms with E-state index < -0.39 is 12.3 Å². The molecular weight excluding hydrogens is 298 g/mol. The van der Waals surface area contributed by atoms with Crippen molar-refractivity contribution in [2.75, 3.05) is 0 Å². The van der Waals surface area contributed by atoms with Crippen molar-refractivity contribution in [3.63, 3.8) is 0 Å². The molecule has 0 spiro atoms. The highest BCUT2D eigenvalue weighted by molar-refractivity contribution is 5.87. The molecule has 0 aromatic heterocycles. The number of benzene rings is 2. The number of carboxylic acids is 1. The standard InChI is InChI=1S/C15H10F2O5/c16-15(17)21-12-6-2-5-11(13(12)22-15)20-8-9-3-1-4-10(7-9)14(18)19/h1-7H,8H2,(H,18,19). The smallest absolute Gasteiger partial charge is 0.485 e. The van der Waals surface area contributed by atoms with Crippen molar-refractivity contribution in [1.29, 1.82) is 0 Å². The molecule has 22 heavy (non-hydrogen) atoms. The Morgan fingerprint density at radius 3 is 2.73 bits per heavy atom. The zero-order valence-electron chi connectivity index (χ0n) is 11.1. The molecule has 0 saturated carbocycles. The summed E-state index contributed by atoms with van der Waals surface area (Å²) in [6, 6.07) is 10.4. The Kier molecular flexibility index (Phi) is 3.32. The molecule has 0 aliphatic carbocycles. The number of rotatable bonds is 4. The van der Waals surface area contributed by atoms with Crippen molar-refractivity contribution in [1.82, 2.24) is 0 Å². The van der Waals surface area contributed by atoms with Gasteiger partial charge in [0.1, 0.15) is 6.61 Å². The van der Waals surface area contributed by atoms with Gasteiger partial charge >= 0.3 is 12.3 Å². The molecule has 1 N–H and O–H groups in total. The van der Waals surface area contributed by atoms with E-state index in [1.165, 1.54) is 30.3 Å². The number of hydrogen-bond donors (Lipinski definition) is 1. The topological polar surface area (TPSA) is 65.0 Å². The van der Waals surface area contributed by atoms with Crippen LogP contribution in [0.15, 0.2) is 42.5 Å². The van der Waals surface area contributed by atoms with Crippen molar-refractivity contribution in [3.8, 4) is 17.2 Å². The summed E-state index contributed by atoms with van der Waals surface area (Å²) in [5.74, 6) is -1.25. The van der Waals surface area contributed by atoms with Crippen molar-refractivity contribution in [2.45, 2.75) is 12.9 Å². The Balaban J connectivity index is 1.77. The zero-order chi connectivity index (χ0) is 15.7. The molecule has 0 amide bonds. The highest BCUT2D eigenvalue weighted by Crippen LogP contribution is 2.46. The first-order valence-electron chi connectivity index (χ1n) is 6.28. The van der Waals surface area contributed by atoms with Gasteiger partial charge in [0.25, 0.3) is 0 Å². The lowest BCUT2D eigenvalue weighted by atomic mass is 10.1. The van der Waals surface area contributed by atoms with Gasteiger partial charge in [-0.15, -0.1) is 8.78 Å². The molecule has 7 heteroatoms. The number of alkyl halides is 2. The van der Waals surface area contributed by atoms with Gasteiger partial charge in [-0.1, -0.05) is 18.2 Å². The monoisotopic (exact) mass is 308 g/mol. The quantitative estimate of drug-likeness (QED) is 0.939. The largest absolute Gasteiger partial charge is 0.586 e. The minimum atomic E-state index is -3.72. The summed E-state index contributed by atoms with van der Waals surface area (Å²) < 4.78 is 40.3. The minimum absolute atomic E-state index is 0.00645. The summed E-state index contributed by atoms with van der Waals surface area (Å²) >= 11 is 0. The molecule has 0 bridgehead atoms. The number of ether oxygens (including phenoxy) is 3. The third-order valence-corrected chi connectivity index (χ3v) is 2.96. The summed E-state index contributed by atoms with van der Waals surface area (Å²) in [7, 11) is 0. The van der Waals surface area contributed by atoms with Gasteiger partial charge in [-0.2, -0.15) is 0 Å². The van der Waals surface area contributed by atoms with Crippen LogP contribution in [-0.4, -0.2) is 17.4 Å². The molecular formula is C15H10F2O5. The highest BCUT2D eigenvalue weighted by Gasteiger charge is 2.45. The molecule has 3 rings (SSSR count). The molecule has 1 heterocycles. The van der Waals surface area contributed by atoms with Crippen LogP contribution in [0.5, 0.6) is 17.2 Å². The maximum absolute atomic E-state index is 13.1. The van der Waals surface area contributed by atoms with Gasteiger partial charge < -0.3 is 19.3 Å². The second kappa shape index (κ2) is 5.18. The van der Waals surface area contributed by atoms with Gasteiger partial charge in [-0.3, -0.25) is 0 Å².